The molecule has 1 aromatic rings. The van der Waals surface area contributed by atoms with E-state index in [0.29, 0.717) is 24.6 Å². The van der Waals surface area contributed by atoms with E-state index in [-0.39, 0.29) is 11.7 Å². The first-order chi connectivity index (χ1) is 11.7. The number of rotatable bonds is 7. The maximum atomic E-state index is 11.9. The van der Waals surface area contributed by atoms with Gasteiger partial charge in [-0.05, 0) is 43.4 Å². The lowest BCUT2D eigenvalue weighted by atomic mass is 10.1. The molecule has 0 atom stereocenters. The summed E-state index contributed by atoms with van der Waals surface area (Å²) in [5.74, 6) is 7.80. The molecule has 1 fully saturated rings. The van der Waals surface area contributed by atoms with Crippen molar-refractivity contribution in [2.75, 3.05) is 7.11 Å². The van der Waals surface area contributed by atoms with Crippen molar-refractivity contribution in [3.05, 3.63) is 23.8 Å². The molecular formula is C20H27NO3. The van der Waals surface area contributed by atoms with Crippen LogP contribution in [-0.2, 0) is 11.3 Å². The summed E-state index contributed by atoms with van der Waals surface area (Å²) in [6, 6.07) is 5.08. The Balaban J connectivity index is 1.59. The molecule has 130 valence electrons. The molecule has 0 spiro atoms. The Morgan fingerprint density at radius 1 is 1.33 bits per heavy atom. The molecule has 0 saturated heterocycles. The van der Waals surface area contributed by atoms with Crippen LogP contribution >= 0.6 is 0 Å². The van der Waals surface area contributed by atoms with E-state index < -0.39 is 0 Å². The van der Waals surface area contributed by atoms with Gasteiger partial charge in [-0.3, -0.25) is 4.79 Å². The minimum Gasteiger partial charge on any atom is -0.504 e. The Labute approximate surface area is 144 Å². The lowest BCUT2D eigenvalue weighted by molar-refractivity contribution is -0.121. The highest BCUT2D eigenvalue weighted by Crippen LogP contribution is 2.26. The first-order valence-corrected chi connectivity index (χ1v) is 8.80. The molecule has 1 aliphatic rings. The Bertz CT molecular complexity index is 595. The molecule has 1 aromatic carbocycles. The minimum atomic E-state index is 0.0470. The Morgan fingerprint density at radius 3 is 2.88 bits per heavy atom. The fourth-order valence-electron chi connectivity index (χ4n) is 2.91. The van der Waals surface area contributed by atoms with Crippen molar-refractivity contribution in [2.45, 2.75) is 57.9 Å². The van der Waals surface area contributed by atoms with Gasteiger partial charge in [0.25, 0.3) is 0 Å². The van der Waals surface area contributed by atoms with Crippen molar-refractivity contribution in [1.82, 2.24) is 5.32 Å². The summed E-state index contributed by atoms with van der Waals surface area (Å²) in [6.07, 6.45) is 8.43. The largest absolute Gasteiger partial charge is 0.504 e. The minimum absolute atomic E-state index is 0.0470. The van der Waals surface area contributed by atoms with Crippen LogP contribution < -0.4 is 10.1 Å². The van der Waals surface area contributed by atoms with Gasteiger partial charge in [0.2, 0.25) is 5.91 Å². The number of aromatic hydroxyl groups is 1. The van der Waals surface area contributed by atoms with Gasteiger partial charge in [-0.15, -0.1) is 5.92 Å². The Kier molecular flexibility index (Phi) is 7.48. The number of phenolic OH excluding ortho intramolecular Hbond substituents is 1. The maximum Gasteiger partial charge on any atom is 0.220 e. The van der Waals surface area contributed by atoms with Gasteiger partial charge in [-0.1, -0.05) is 24.8 Å². The van der Waals surface area contributed by atoms with Gasteiger partial charge in [0.15, 0.2) is 11.5 Å². The van der Waals surface area contributed by atoms with Crippen LogP contribution in [0, 0.1) is 17.8 Å². The first-order valence-electron chi connectivity index (χ1n) is 8.80. The van der Waals surface area contributed by atoms with Gasteiger partial charge in [0.05, 0.1) is 7.11 Å². The number of ether oxygens (including phenoxy) is 1. The second-order valence-corrected chi connectivity index (χ2v) is 6.29. The molecule has 1 amide bonds. The van der Waals surface area contributed by atoms with Gasteiger partial charge in [-0.2, -0.15) is 0 Å². The lowest BCUT2D eigenvalue weighted by Crippen LogP contribution is -2.22. The summed E-state index contributed by atoms with van der Waals surface area (Å²) < 4.78 is 5.06. The second kappa shape index (κ2) is 9.87. The molecule has 0 heterocycles. The number of carbonyl (C=O) groups is 1. The second-order valence-electron chi connectivity index (χ2n) is 6.29. The van der Waals surface area contributed by atoms with Gasteiger partial charge in [-0.25, -0.2) is 0 Å². The highest BCUT2D eigenvalue weighted by Gasteiger charge is 2.11. The molecule has 0 unspecified atom stereocenters. The molecule has 0 aromatic heterocycles. The molecule has 4 heteroatoms. The predicted molar refractivity (Wildman–Crippen MR) is 94.7 cm³/mol. The molecule has 0 bridgehead atoms. The first kappa shape index (κ1) is 18.2. The summed E-state index contributed by atoms with van der Waals surface area (Å²) in [5.41, 5.74) is 0.903. The lowest BCUT2D eigenvalue weighted by Gasteiger charge is -2.08. The Hall–Kier alpha value is -2.15. The number of hydrogen-bond donors (Lipinski definition) is 2. The van der Waals surface area contributed by atoms with Crippen molar-refractivity contribution in [2.24, 2.45) is 5.92 Å². The third-order valence-corrected chi connectivity index (χ3v) is 4.35. The number of hydrogen-bond acceptors (Lipinski definition) is 3. The van der Waals surface area contributed by atoms with E-state index in [2.05, 4.69) is 17.2 Å². The average Bonchev–Trinajstić information content (AvgIpc) is 3.10. The van der Waals surface area contributed by atoms with Crippen LogP contribution in [0.4, 0.5) is 0 Å². The number of phenols is 1. The topological polar surface area (TPSA) is 58.6 Å². The standard InChI is InChI=1S/C20H27NO3/c1-24-19-14-17(12-13-18(19)22)15-21-20(23)11-5-3-2-4-8-16-9-6-7-10-16/h12-14,16,22H,2-3,5-7,9-11,15H2,1H3,(H,21,23). The van der Waals surface area contributed by atoms with Crippen molar-refractivity contribution in [1.29, 1.82) is 0 Å². The van der Waals surface area contributed by atoms with Gasteiger partial charge >= 0.3 is 0 Å². The summed E-state index contributed by atoms with van der Waals surface area (Å²) in [5, 5.41) is 12.4. The van der Waals surface area contributed by atoms with Crippen molar-refractivity contribution in [3.8, 4) is 23.3 Å². The number of nitrogens with one attached hydrogen (secondary N) is 1. The summed E-state index contributed by atoms with van der Waals surface area (Å²) >= 11 is 0. The van der Waals surface area contributed by atoms with E-state index in [1.165, 1.54) is 32.8 Å². The van der Waals surface area contributed by atoms with Crippen LogP contribution in [0.5, 0.6) is 11.5 Å². The fourth-order valence-corrected chi connectivity index (χ4v) is 2.91. The molecular weight excluding hydrogens is 302 g/mol. The van der Waals surface area contributed by atoms with E-state index in [1.54, 1.807) is 18.2 Å². The fraction of sp³-hybridized carbons (Fsp3) is 0.550. The molecule has 0 aliphatic heterocycles. The van der Waals surface area contributed by atoms with E-state index in [9.17, 15) is 9.90 Å². The third-order valence-electron chi connectivity index (χ3n) is 4.35. The molecule has 2 N–H and O–H groups in total. The molecule has 0 radical (unpaired) electrons. The zero-order chi connectivity index (χ0) is 17.2. The van der Waals surface area contributed by atoms with E-state index in [4.69, 9.17) is 4.74 Å². The highest BCUT2D eigenvalue weighted by atomic mass is 16.5. The highest BCUT2D eigenvalue weighted by molar-refractivity contribution is 5.75. The van der Waals surface area contributed by atoms with Gasteiger partial charge < -0.3 is 15.2 Å². The summed E-state index contributed by atoms with van der Waals surface area (Å²) in [4.78, 5) is 11.9. The monoisotopic (exact) mass is 329 g/mol. The molecule has 4 nitrogen and oxygen atoms in total. The van der Waals surface area contributed by atoms with Gasteiger partial charge in [0.1, 0.15) is 0 Å². The van der Waals surface area contributed by atoms with Gasteiger partial charge in [0, 0.05) is 25.3 Å². The van der Waals surface area contributed by atoms with E-state index >= 15 is 0 Å². The van der Waals surface area contributed by atoms with Crippen LogP contribution in [0.1, 0.15) is 56.9 Å². The van der Waals surface area contributed by atoms with E-state index in [0.717, 1.165) is 24.8 Å². The smallest absolute Gasteiger partial charge is 0.220 e. The van der Waals surface area contributed by atoms with Crippen LogP contribution in [0.3, 0.4) is 0 Å². The van der Waals surface area contributed by atoms with E-state index in [1.807, 2.05) is 0 Å². The zero-order valence-electron chi connectivity index (χ0n) is 14.4. The summed E-state index contributed by atoms with van der Waals surface area (Å²) in [6.45, 7) is 0.441. The van der Waals surface area contributed by atoms with Crippen LogP contribution in [0.25, 0.3) is 0 Å². The number of methoxy groups -OCH3 is 1. The Morgan fingerprint density at radius 2 is 2.12 bits per heavy atom. The molecule has 1 saturated carbocycles. The zero-order valence-corrected chi connectivity index (χ0v) is 14.4. The maximum absolute atomic E-state index is 11.9. The predicted octanol–water partition coefficient (Wildman–Crippen LogP) is 3.77. The average molecular weight is 329 g/mol. The molecule has 2 rings (SSSR count). The number of benzene rings is 1. The van der Waals surface area contributed by atoms with Crippen molar-refractivity contribution in [3.63, 3.8) is 0 Å². The molecule has 24 heavy (non-hydrogen) atoms. The third kappa shape index (κ3) is 6.16. The number of carbonyl (C=O) groups excluding carboxylic acids is 1. The van der Waals surface area contributed by atoms with Crippen LogP contribution in [0.15, 0.2) is 18.2 Å². The number of amides is 1. The SMILES string of the molecule is COc1cc(CNC(=O)CCCCC#CC2CCCC2)ccc1O. The van der Waals surface area contributed by atoms with Crippen LogP contribution in [0.2, 0.25) is 0 Å². The number of unbranched alkanes of at least 4 members (excludes halogenated alkanes) is 2. The van der Waals surface area contributed by atoms with Crippen molar-refractivity contribution < 1.29 is 14.6 Å². The summed E-state index contributed by atoms with van der Waals surface area (Å²) in [7, 11) is 1.51. The van der Waals surface area contributed by atoms with Crippen LogP contribution in [-0.4, -0.2) is 18.1 Å². The normalized spacial score (nSPS) is 14.0. The van der Waals surface area contributed by atoms with Crippen molar-refractivity contribution >= 4 is 5.91 Å². The quantitative estimate of drug-likeness (QED) is 0.591. The molecule has 1 aliphatic carbocycles.